The molecule has 39 heavy (non-hydrogen) atoms. The summed E-state index contributed by atoms with van der Waals surface area (Å²) in [6, 6.07) is 3.90. The summed E-state index contributed by atoms with van der Waals surface area (Å²) < 4.78 is 38.6. The number of imide groups is 1. The highest BCUT2D eigenvalue weighted by atomic mass is 32.1. The number of nitrogens with zero attached hydrogens (tertiary/aromatic N) is 5. The largest absolute Gasteiger partial charge is 0.434 e. The second-order valence-electron chi connectivity index (χ2n) is 9.63. The molecule has 2 fully saturated rings. The van der Waals surface area contributed by atoms with Crippen molar-refractivity contribution in [2.75, 3.05) is 31.6 Å². The normalized spacial score (nSPS) is 18.8. The van der Waals surface area contributed by atoms with E-state index >= 15 is 0 Å². The van der Waals surface area contributed by atoms with E-state index in [4.69, 9.17) is 0 Å². The van der Waals surface area contributed by atoms with Gasteiger partial charge in [-0.3, -0.25) is 29.3 Å². The number of alkyl halides is 3. The number of rotatable bonds is 6. The smallest absolute Gasteiger partial charge is 0.339 e. The van der Waals surface area contributed by atoms with E-state index in [0.717, 1.165) is 21.2 Å². The first kappa shape index (κ1) is 26.7. The second-order valence-corrected chi connectivity index (χ2v) is 10.5. The monoisotopic (exact) mass is 563 g/mol. The van der Waals surface area contributed by atoms with Crippen LogP contribution in [0.2, 0.25) is 0 Å². The van der Waals surface area contributed by atoms with Crippen molar-refractivity contribution in [1.29, 1.82) is 0 Å². The maximum atomic E-state index is 13.3. The minimum absolute atomic E-state index is 0.0909. The predicted octanol–water partition coefficient (Wildman–Crippen LogP) is 2.66. The van der Waals surface area contributed by atoms with Gasteiger partial charge in [0.15, 0.2) is 16.5 Å². The molecule has 1 spiro atoms. The number of amides is 4. The number of halogens is 3. The standard InChI is InChI=1S/C24H24F3N7O4S/c1-13(35)17(29-19(36)20-30-18(12-39-20)24(25,26)27)11-33-7-5-23(6-8-33)21(37)32(2)22(38)34(23)15-3-4-16-14(9-15)10-28-31-16/h3-4,9-10,12,17H,5-8,11H2,1-2H3,(H,28,31)(H,29,36). The molecule has 1 atom stereocenters. The first-order valence-electron chi connectivity index (χ1n) is 12.0. The number of aromatic nitrogens is 3. The third kappa shape index (κ3) is 4.76. The van der Waals surface area contributed by atoms with Crippen LogP contribution in [0.3, 0.4) is 0 Å². The molecule has 2 N–H and O–H groups in total. The van der Waals surface area contributed by atoms with Crippen molar-refractivity contribution < 1.29 is 32.3 Å². The highest BCUT2D eigenvalue weighted by Crippen LogP contribution is 2.41. The lowest BCUT2D eigenvalue weighted by Crippen LogP contribution is -2.58. The number of anilines is 1. The van der Waals surface area contributed by atoms with Crippen molar-refractivity contribution in [2.24, 2.45) is 0 Å². The maximum Gasteiger partial charge on any atom is 0.434 e. The minimum atomic E-state index is -4.68. The topological polar surface area (TPSA) is 132 Å². The molecule has 4 heterocycles. The number of nitrogens with one attached hydrogen (secondary N) is 2. The lowest BCUT2D eigenvalue weighted by Gasteiger charge is -2.42. The number of carbonyl (C=O) groups excluding carboxylic acids is 4. The van der Waals surface area contributed by atoms with E-state index in [0.29, 0.717) is 30.1 Å². The van der Waals surface area contributed by atoms with Gasteiger partial charge in [0, 0.05) is 43.1 Å². The predicted molar refractivity (Wildman–Crippen MR) is 134 cm³/mol. The molecule has 1 aromatic carbocycles. The first-order chi connectivity index (χ1) is 18.4. The van der Waals surface area contributed by atoms with Crippen LogP contribution in [0.1, 0.15) is 35.3 Å². The molecule has 2 aromatic heterocycles. The second kappa shape index (κ2) is 9.72. The highest BCUT2D eigenvalue weighted by molar-refractivity contribution is 7.11. The summed E-state index contributed by atoms with van der Waals surface area (Å²) in [4.78, 5) is 59.2. The molecule has 5 rings (SSSR count). The Morgan fingerprint density at radius 1 is 1.23 bits per heavy atom. The van der Waals surface area contributed by atoms with Crippen LogP contribution in [0, 0.1) is 0 Å². The number of Topliss-reactive ketones (excluding diaryl/α,β-unsaturated/α-hetero) is 1. The van der Waals surface area contributed by atoms with Gasteiger partial charge in [0.05, 0.1) is 11.7 Å². The molecule has 0 bridgehead atoms. The number of likely N-dealkylation sites (N-methyl/N-ethyl adjacent to an activating group) is 1. The molecule has 1 unspecified atom stereocenters. The van der Waals surface area contributed by atoms with Crippen molar-refractivity contribution in [1.82, 2.24) is 30.3 Å². The quantitative estimate of drug-likeness (QED) is 0.441. The summed E-state index contributed by atoms with van der Waals surface area (Å²) in [6.45, 7) is 2.05. The van der Waals surface area contributed by atoms with Crippen LogP contribution in [0.25, 0.3) is 10.9 Å². The Morgan fingerprint density at radius 2 is 1.95 bits per heavy atom. The molecule has 2 saturated heterocycles. The molecule has 0 aliphatic carbocycles. The van der Waals surface area contributed by atoms with Crippen LogP contribution in [0.4, 0.5) is 23.7 Å². The zero-order valence-corrected chi connectivity index (χ0v) is 21.7. The van der Waals surface area contributed by atoms with Crippen LogP contribution < -0.4 is 10.2 Å². The van der Waals surface area contributed by atoms with Crippen LogP contribution in [0.15, 0.2) is 29.8 Å². The van der Waals surface area contributed by atoms with Gasteiger partial charge in [0.1, 0.15) is 11.6 Å². The van der Waals surface area contributed by atoms with Crippen LogP contribution in [-0.4, -0.2) is 86.9 Å². The van der Waals surface area contributed by atoms with Crippen molar-refractivity contribution >= 4 is 51.6 Å². The maximum absolute atomic E-state index is 13.3. The van der Waals surface area contributed by atoms with E-state index in [2.05, 4.69) is 20.5 Å². The summed E-state index contributed by atoms with van der Waals surface area (Å²) in [6.07, 6.45) is -2.48. The molecule has 2 aliphatic heterocycles. The fourth-order valence-electron chi connectivity index (χ4n) is 5.06. The van der Waals surface area contributed by atoms with Gasteiger partial charge < -0.3 is 10.2 Å². The number of hydrogen-bond acceptors (Lipinski definition) is 8. The Kier molecular flexibility index (Phi) is 6.66. The lowest BCUT2D eigenvalue weighted by atomic mass is 9.85. The Balaban J connectivity index is 1.30. The van der Waals surface area contributed by atoms with Crippen LogP contribution in [0.5, 0.6) is 0 Å². The molecule has 0 saturated carbocycles. The number of aromatic amines is 1. The van der Waals surface area contributed by atoms with Crippen molar-refractivity contribution in [3.63, 3.8) is 0 Å². The number of H-pyrrole nitrogens is 1. The average Bonchev–Trinajstić information content (AvgIpc) is 3.61. The van der Waals surface area contributed by atoms with E-state index in [1.54, 1.807) is 24.4 Å². The minimum Gasteiger partial charge on any atom is -0.339 e. The Bertz CT molecular complexity index is 1460. The fraction of sp³-hybridized carbons (Fsp3) is 0.417. The summed E-state index contributed by atoms with van der Waals surface area (Å²) in [5.74, 6) is -1.57. The molecular weight excluding hydrogens is 539 g/mol. The molecule has 2 aliphatic rings. The number of hydrogen-bond donors (Lipinski definition) is 2. The zero-order chi connectivity index (χ0) is 28.1. The van der Waals surface area contributed by atoms with E-state index < -0.39 is 40.4 Å². The molecule has 4 amide bonds. The molecule has 15 heteroatoms. The van der Waals surface area contributed by atoms with Gasteiger partial charge in [-0.05, 0) is 38.0 Å². The van der Waals surface area contributed by atoms with Gasteiger partial charge in [-0.2, -0.15) is 18.3 Å². The van der Waals surface area contributed by atoms with Crippen LogP contribution >= 0.6 is 11.3 Å². The van der Waals surface area contributed by atoms with E-state index in [-0.39, 0.29) is 31.1 Å². The summed E-state index contributed by atoms with van der Waals surface area (Å²) >= 11 is 0.543. The van der Waals surface area contributed by atoms with Gasteiger partial charge in [-0.15, -0.1) is 11.3 Å². The van der Waals surface area contributed by atoms with E-state index in [9.17, 15) is 32.3 Å². The van der Waals surface area contributed by atoms with E-state index in [1.165, 1.54) is 18.9 Å². The first-order valence-corrected chi connectivity index (χ1v) is 12.9. The number of fused-ring (bicyclic) bond motifs is 1. The third-order valence-corrected chi connectivity index (χ3v) is 8.04. The fourth-order valence-corrected chi connectivity index (χ4v) is 5.79. The van der Waals surface area contributed by atoms with E-state index in [1.807, 2.05) is 4.90 Å². The van der Waals surface area contributed by atoms with Gasteiger partial charge >= 0.3 is 12.2 Å². The van der Waals surface area contributed by atoms with Gasteiger partial charge in [-0.1, -0.05) is 0 Å². The molecular formula is C24H24F3N7O4S. The molecule has 3 aromatic rings. The number of piperidine rings is 1. The lowest BCUT2D eigenvalue weighted by molar-refractivity contribution is -0.140. The van der Waals surface area contributed by atoms with Crippen molar-refractivity contribution in [2.45, 2.75) is 37.5 Å². The van der Waals surface area contributed by atoms with Gasteiger partial charge in [-0.25, -0.2) is 9.78 Å². The molecule has 0 radical (unpaired) electrons. The summed E-state index contributed by atoms with van der Waals surface area (Å²) in [7, 11) is 1.44. The van der Waals surface area contributed by atoms with Crippen LogP contribution in [-0.2, 0) is 15.8 Å². The molecule has 11 nitrogen and oxygen atoms in total. The number of ketones is 1. The number of carbonyl (C=O) groups is 4. The summed E-state index contributed by atoms with van der Waals surface area (Å²) in [5.41, 5.74) is -0.923. The zero-order valence-electron chi connectivity index (χ0n) is 20.9. The third-order valence-electron chi connectivity index (χ3n) is 7.20. The number of benzene rings is 1. The highest BCUT2D eigenvalue weighted by Gasteiger charge is 2.57. The number of thiazole rings is 1. The Hall–Kier alpha value is -3.85. The number of urea groups is 1. The van der Waals surface area contributed by atoms with Gasteiger partial charge in [0.25, 0.3) is 11.8 Å². The summed E-state index contributed by atoms with van der Waals surface area (Å²) in [5, 5.41) is 10.5. The number of likely N-dealkylation sites (tertiary alicyclic amines) is 1. The Labute approximate surface area is 223 Å². The molecule has 206 valence electrons. The van der Waals surface area contributed by atoms with Crippen molar-refractivity contribution in [3.05, 3.63) is 40.5 Å². The van der Waals surface area contributed by atoms with Crippen molar-refractivity contribution in [3.8, 4) is 0 Å². The SMILES string of the molecule is CC(=O)C(CN1CCC2(CC1)C(=O)N(C)C(=O)N2c1ccc2[nH]ncc2c1)NC(=O)c1nc(C(F)(F)F)cs1. The Morgan fingerprint density at radius 3 is 2.59 bits per heavy atom. The average molecular weight is 564 g/mol. The van der Waals surface area contributed by atoms with Gasteiger partial charge in [0.2, 0.25) is 0 Å².